The molecule has 0 bridgehead atoms. The number of phenols is 1. The van der Waals surface area contributed by atoms with Crippen LogP contribution >= 0.6 is 40.1 Å². The third kappa shape index (κ3) is 4.63. The van der Waals surface area contributed by atoms with E-state index in [1.165, 1.54) is 35.7 Å². The van der Waals surface area contributed by atoms with Crippen LogP contribution in [0, 0.1) is 0 Å². The fourth-order valence-corrected chi connectivity index (χ4v) is 4.19. The van der Waals surface area contributed by atoms with Gasteiger partial charge in [-0.3, -0.25) is 0 Å². The number of hydrogen-bond acceptors (Lipinski definition) is 4. The van der Waals surface area contributed by atoms with E-state index in [0.29, 0.717) is 0 Å². The van der Waals surface area contributed by atoms with Gasteiger partial charge < -0.3 is 10.2 Å². The first-order valence-corrected chi connectivity index (χ1v) is 8.60. The van der Waals surface area contributed by atoms with Gasteiger partial charge in [0.15, 0.2) is 0 Å². The van der Waals surface area contributed by atoms with Crippen molar-refractivity contribution in [3.63, 3.8) is 0 Å². The Morgan fingerprint density at radius 2 is 2.10 bits per heavy atom. The summed E-state index contributed by atoms with van der Waals surface area (Å²) in [5, 5.41) is 22.8. The van der Waals surface area contributed by atoms with Crippen molar-refractivity contribution in [3.05, 3.63) is 23.6 Å². The topological polar surface area (TPSA) is 47.2 Å². The number of rotatable bonds is 6. The lowest BCUT2D eigenvalue weighted by Gasteiger charge is -2.08. The van der Waals surface area contributed by atoms with Crippen LogP contribution in [0.3, 0.4) is 0 Å². The predicted molar refractivity (Wildman–Crippen MR) is 92.6 cm³/mol. The summed E-state index contributed by atoms with van der Waals surface area (Å²) in [6.45, 7) is 2.21. The van der Waals surface area contributed by atoms with Gasteiger partial charge in [0, 0.05) is 5.75 Å². The third-order valence-electron chi connectivity index (χ3n) is 3.13. The number of aromatic hydroxyl groups is 1. The maximum Gasteiger partial charge on any atom is 0.297 e. The van der Waals surface area contributed by atoms with Crippen molar-refractivity contribution >= 4 is 40.1 Å². The summed E-state index contributed by atoms with van der Waals surface area (Å²) in [6, 6.07) is 4.71. The van der Waals surface area contributed by atoms with E-state index >= 15 is 0 Å². The van der Waals surface area contributed by atoms with Crippen molar-refractivity contribution in [2.75, 3.05) is 5.75 Å². The van der Waals surface area contributed by atoms with Crippen molar-refractivity contribution in [1.82, 2.24) is 0 Å². The number of nitrogens with zero attached hydrogens (tertiary/aromatic N) is 1. The van der Waals surface area contributed by atoms with Crippen LogP contribution in [0.1, 0.15) is 26.2 Å². The van der Waals surface area contributed by atoms with Crippen molar-refractivity contribution in [1.29, 1.82) is 0 Å². The standard InChI is InChI=1S/C15H19NO2S2.BrH/c1-3-4-5-8-19-15-16(2)12(10-20-15)11-6-7-13(17)14(18)9-11;/h6-7,9-10H,3-5,8H2,1-2H3,(H-,17,18);1H. The molecule has 0 saturated heterocycles. The Bertz CT molecular complexity index is 587. The lowest BCUT2D eigenvalue weighted by atomic mass is 10.1. The van der Waals surface area contributed by atoms with Gasteiger partial charge in [-0.05, 0) is 30.3 Å². The van der Waals surface area contributed by atoms with E-state index in [4.69, 9.17) is 0 Å². The highest BCUT2D eigenvalue weighted by Crippen LogP contribution is 2.31. The SMILES string of the molecule is Br.CCCCCSc1scc(-c2ccc([O-])c(O)c2)[n+]1C. The van der Waals surface area contributed by atoms with Crippen molar-refractivity contribution in [2.24, 2.45) is 7.05 Å². The Morgan fingerprint density at radius 1 is 1.33 bits per heavy atom. The minimum absolute atomic E-state index is 0. The molecule has 1 aromatic heterocycles. The lowest BCUT2D eigenvalue weighted by Crippen LogP contribution is -2.30. The minimum atomic E-state index is -0.333. The summed E-state index contributed by atoms with van der Waals surface area (Å²) in [5.74, 6) is 0.610. The molecule has 0 aliphatic rings. The van der Waals surface area contributed by atoms with Crippen LogP contribution in [-0.2, 0) is 7.05 Å². The molecular formula is C15H20BrNO2S2. The van der Waals surface area contributed by atoms with Gasteiger partial charge in [-0.15, -0.1) is 17.0 Å². The van der Waals surface area contributed by atoms with Crippen LogP contribution < -0.4 is 9.67 Å². The summed E-state index contributed by atoms with van der Waals surface area (Å²) in [4.78, 5) is 0. The Morgan fingerprint density at radius 3 is 2.76 bits per heavy atom. The molecule has 2 rings (SSSR count). The average molecular weight is 390 g/mol. The molecule has 3 nitrogen and oxygen atoms in total. The molecule has 0 spiro atoms. The van der Waals surface area contributed by atoms with Gasteiger partial charge in [-0.25, -0.2) is 0 Å². The van der Waals surface area contributed by atoms with Gasteiger partial charge >= 0.3 is 0 Å². The van der Waals surface area contributed by atoms with Gasteiger partial charge in [0.25, 0.3) is 4.34 Å². The van der Waals surface area contributed by atoms with E-state index in [0.717, 1.165) is 17.0 Å². The van der Waals surface area contributed by atoms with Crippen molar-refractivity contribution in [3.8, 4) is 22.8 Å². The molecule has 21 heavy (non-hydrogen) atoms. The summed E-state index contributed by atoms with van der Waals surface area (Å²) < 4.78 is 3.38. The molecule has 0 aliphatic carbocycles. The number of thioether (sulfide) groups is 1. The third-order valence-corrected chi connectivity index (χ3v) is 5.61. The van der Waals surface area contributed by atoms with Gasteiger partial charge in [0.05, 0.1) is 10.9 Å². The zero-order valence-electron chi connectivity index (χ0n) is 12.2. The van der Waals surface area contributed by atoms with Gasteiger partial charge in [0.1, 0.15) is 12.8 Å². The van der Waals surface area contributed by atoms with E-state index in [1.54, 1.807) is 17.4 Å². The number of unbranched alkanes of at least 4 members (excludes halogenated alkanes) is 2. The predicted octanol–water partition coefficient (Wildman–Crippen LogP) is 3.88. The van der Waals surface area contributed by atoms with Crippen LogP contribution in [0.15, 0.2) is 27.9 Å². The quantitative estimate of drug-likeness (QED) is 0.463. The first-order chi connectivity index (χ1) is 9.63. The normalized spacial score (nSPS) is 10.4. The maximum atomic E-state index is 11.2. The van der Waals surface area contributed by atoms with E-state index in [9.17, 15) is 10.2 Å². The highest BCUT2D eigenvalue weighted by Gasteiger charge is 2.18. The van der Waals surface area contributed by atoms with Crippen LogP contribution in [0.4, 0.5) is 0 Å². The molecule has 1 heterocycles. The molecule has 0 radical (unpaired) electrons. The Hall–Kier alpha value is -0.720. The molecular weight excluding hydrogens is 370 g/mol. The average Bonchev–Trinajstić information content (AvgIpc) is 2.80. The second-order valence-electron chi connectivity index (χ2n) is 4.68. The van der Waals surface area contributed by atoms with Crippen LogP contribution in [0.25, 0.3) is 11.3 Å². The molecule has 0 saturated carbocycles. The number of phenolic OH excluding ortho intramolecular Hbond substituents is 1. The fraction of sp³-hybridized carbons (Fsp3) is 0.400. The van der Waals surface area contributed by atoms with E-state index < -0.39 is 0 Å². The van der Waals surface area contributed by atoms with Crippen LogP contribution in [0.2, 0.25) is 0 Å². The lowest BCUT2D eigenvalue weighted by molar-refractivity contribution is -0.691. The molecule has 1 aromatic carbocycles. The Kier molecular flexibility index (Phi) is 7.56. The molecule has 6 heteroatoms. The zero-order chi connectivity index (χ0) is 14.5. The van der Waals surface area contributed by atoms with Crippen LogP contribution in [-0.4, -0.2) is 10.9 Å². The van der Waals surface area contributed by atoms with Crippen LogP contribution in [0.5, 0.6) is 11.5 Å². The van der Waals surface area contributed by atoms with E-state index in [-0.39, 0.29) is 28.5 Å². The largest absolute Gasteiger partial charge is 0.870 e. The Balaban J connectivity index is 0.00000220. The van der Waals surface area contributed by atoms with Gasteiger partial charge in [0.2, 0.25) is 5.69 Å². The van der Waals surface area contributed by atoms with E-state index in [1.807, 2.05) is 18.8 Å². The number of hydrogen-bond donors (Lipinski definition) is 1. The molecule has 0 atom stereocenters. The van der Waals surface area contributed by atoms with Gasteiger partial charge in [-0.2, -0.15) is 4.57 Å². The maximum absolute atomic E-state index is 11.2. The first kappa shape index (κ1) is 18.3. The molecule has 0 amide bonds. The number of halogens is 1. The van der Waals surface area contributed by atoms with Crippen molar-refractivity contribution < 1.29 is 14.8 Å². The second kappa shape index (κ2) is 8.66. The molecule has 116 valence electrons. The summed E-state index contributed by atoms with van der Waals surface area (Å²) in [7, 11) is 2.02. The highest BCUT2D eigenvalue weighted by molar-refractivity contribution is 8.93. The highest BCUT2D eigenvalue weighted by atomic mass is 79.9. The summed E-state index contributed by atoms with van der Waals surface area (Å²) >= 11 is 3.57. The Labute approximate surface area is 144 Å². The molecule has 0 unspecified atom stereocenters. The second-order valence-corrected chi connectivity index (χ2v) is 6.88. The number of aromatic nitrogens is 1. The fourth-order valence-electron chi connectivity index (χ4n) is 1.94. The molecule has 2 aromatic rings. The monoisotopic (exact) mass is 389 g/mol. The number of benzene rings is 1. The van der Waals surface area contributed by atoms with E-state index in [2.05, 4.69) is 16.9 Å². The minimum Gasteiger partial charge on any atom is -0.870 e. The summed E-state index contributed by atoms with van der Waals surface area (Å²) in [5.41, 5.74) is 1.91. The van der Waals surface area contributed by atoms with Gasteiger partial charge in [-0.1, -0.05) is 42.9 Å². The molecule has 1 N–H and O–H groups in total. The smallest absolute Gasteiger partial charge is 0.297 e. The molecule has 0 fully saturated rings. The zero-order valence-corrected chi connectivity index (χ0v) is 15.5. The molecule has 0 aliphatic heterocycles. The number of thiazole rings is 1. The first-order valence-electron chi connectivity index (χ1n) is 6.74. The summed E-state index contributed by atoms with van der Waals surface area (Å²) in [6.07, 6.45) is 3.75. The van der Waals surface area contributed by atoms with Crippen molar-refractivity contribution in [2.45, 2.75) is 30.5 Å².